The fraction of sp³-hybridized carbons (Fsp3) is 0.286. The summed E-state index contributed by atoms with van der Waals surface area (Å²) in [6.07, 6.45) is 2.25. The van der Waals surface area contributed by atoms with Crippen molar-refractivity contribution in [2.24, 2.45) is 0 Å². The highest BCUT2D eigenvalue weighted by Crippen LogP contribution is 2.26. The summed E-state index contributed by atoms with van der Waals surface area (Å²) >= 11 is 0. The quantitative estimate of drug-likeness (QED) is 0.834. The molecule has 1 aromatic carbocycles. The van der Waals surface area contributed by atoms with Crippen molar-refractivity contribution in [3.8, 4) is 11.5 Å². The van der Waals surface area contributed by atoms with Gasteiger partial charge in [-0.05, 0) is 24.1 Å². The van der Waals surface area contributed by atoms with Crippen LogP contribution in [-0.4, -0.2) is 30.7 Å². The standard InChI is InChI=1S/C14H18N4O2/c1-19-11-5-3-4-10(8-11)6-7-16-14-12(20-2)13(15)17-9-18-14/h3-5,8-9H,6-7H2,1-2H3,(H3,15,16,17,18). The maximum atomic E-state index is 5.72. The summed E-state index contributed by atoms with van der Waals surface area (Å²) in [6, 6.07) is 7.95. The first-order chi connectivity index (χ1) is 9.74. The first kappa shape index (κ1) is 13.9. The number of nitrogens with zero attached hydrogens (tertiary/aromatic N) is 2. The van der Waals surface area contributed by atoms with E-state index in [1.807, 2.05) is 18.2 Å². The number of ether oxygens (including phenoxy) is 2. The Morgan fingerprint density at radius 2 is 2.05 bits per heavy atom. The number of aromatic nitrogens is 2. The third kappa shape index (κ3) is 3.28. The summed E-state index contributed by atoms with van der Waals surface area (Å²) in [5, 5.41) is 3.19. The lowest BCUT2D eigenvalue weighted by Gasteiger charge is -2.11. The normalized spacial score (nSPS) is 10.1. The van der Waals surface area contributed by atoms with Crippen LogP contribution in [0.4, 0.5) is 11.6 Å². The molecule has 0 aliphatic heterocycles. The van der Waals surface area contributed by atoms with Crippen molar-refractivity contribution in [2.75, 3.05) is 31.8 Å². The maximum absolute atomic E-state index is 5.72. The van der Waals surface area contributed by atoms with E-state index >= 15 is 0 Å². The highest BCUT2D eigenvalue weighted by molar-refractivity contribution is 5.61. The Morgan fingerprint density at radius 3 is 2.80 bits per heavy atom. The third-order valence-electron chi connectivity index (χ3n) is 2.88. The molecule has 0 aliphatic carbocycles. The average Bonchev–Trinajstić information content (AvgIpc) is 2.48. The molecule has 0 fully saturated rings. The van der Waals surface area contributed by atoms with Crippen molar-refractivity contribution < 1.29 is 9.47 Å². The Bertz CT molecular complexity index is 575. The van der Waals surface area contributed by atoms with Gasteiger partial charge in [0.05, 0.1) is 14.2 Å². The molecule has 0 amide bonds. The van der Waals surface area contributed by atoms with Crippen molar-refractivity contribution in [2.45, 2.75) is 6.42 Å². The number of methoxy groups -OCH3 is 2. The maximum Gasteiger partial charge on any atom is 0.203 e. The topological polar surface area (TPSA) is 82.3 Å². The van der Waals surface area contributed by atoms with Crippen molar-refractivity contribution >= 4 is 11.6 Å². The smallest absolute Gasteiger partial charge is 0.203 e. The van der Waals surface area contributed by atoms with Crippen molar-refractivity contribution in [1.82, 2.24) is 9.97 Å². The van der Waals surface area contributed by atoms with Crippen LogP contribution in [0.1, 0.15) is 5.56 Å². The van der Waals surface area contributed by atoms with E-state index in [0.29, 0.717) is 23.9 Å². The molecule has 0 atom stereocenters. The van der Waals surface area contributed by atoms with Gasteiger partial charge in [-0.25, -0.2) is 9.97 Å². The van der Waals surface area contributed by atoms with Crippen LogP contribution in [-0.2, 0) is 6.42 Å². The van der Waals surface area contributed by atoms with Gasteiger partial charge in [0, 0.05) is 6.54 Å². The van der Waals surface area contributed by atoms with E-state index in [4.69, 9.17) is 15.2 Å². The van der Waals surface area contributed by atoms with E-state index < -0.39 is 0 Å². The van der Waals surface area contributed by atoms with Gasteiger partial charge in [0.1, 0.15) is 12.1 Å². The van der Waals surface area contributed by atoms with Gasteiger partial charge in [0.25, 0.3) is 0 Å². The van der Waals surface area contributed by atoms with Crippen LogP contribution in [0.3, 0.4) is 0 Å². The van der Waals surface area contributed by atoms with Crippen molar-refractivity contribution in [3.63, 3.8) is 0 Å². The number of nitrogens with two attached hydrogens (primary N) is 1. The van der Waals surface area contributed by atoms with Crippen molar-refractivity contribution in [1.29, 1.82) is 0 Å². The minimum Gasteiger partial charge on any atom is -0.497 e. The summed E-state index contributed by atoms with van der Waals surface area (Å²) in [6.45, 7) is 0.708. The monoisotopic (exact) mass is 274 g/mol. The van der Waals surface area contributed by atoms with Gasteiger partial charge in [-0.1, -0.05) is 12.1 Å². The molecule has 1 heterocycles. The van der Waals surface area contributed by atoms with Gasteiger partial charge in [0.2, 0.25) is 5.75 Å². The number of rotatable bonds is 6. The van der Waals surface area contributed by atoms with Gasteiger partial charge >= 0.3 is 0 Å². The number of benzene rings is 1. The number of nitrogens with one attached hydrogen (secondary N) is 1. The zero-order valence-electron chi connectivity index (χ0n) is 11.6. The Morgan fingerprint density at radius 1 is 1.20 bits per heavy atom. The van der Waals surface area contributed by atoms with Crippen LogP contribution >= 0.6 is 0 Å². The molecule has 0 radical (unpaired) electrons. The average molecular weight is 274 g/mol. The Kier molecular flexibility index (Phi) is 4.60. The lowest BCUT2D eigenvalue weighted by atomic mass is 10.1. The summed E-state index contributed by atoms with van der Waals surface area (Å²) in [5.41, 5.74) is 6.90. The molecule has 6 nitrogen and oxygen atoms in total. The van der Waals surface area contributed by atoms with E-state index in [1.54, 1.807) is 14.2 Å². The van der Waals surface area contributed by atoms with Gasteiger partial charge in [-0.15, -0.1) is 0 Å². The third-order valence-corrected chi connectivity index (χ3v) is 2.88. The molecule has 20 heavy (non-hydrogen) atoms. The molecule has 0 saturated heterocycles. The summed E-state index contributed by atoms with van der Waals surface area (Å²) < 4.78 is 10.4. The first-order valence-corrected chi connectivity index (χ1v) is 6.26. The van der Waals surface area contributed by atoms with E-state index in [0.717, 1.165) is 12.2 Å². The number of hydrogen-bond acceptors (Lipinski definition) is 6. The number of hydrogen-bond donors (Lipinski definition) is 2. The van der Waals surface area contributed by atoms with Crippen LogP contribution in [0, 0.1) is 0 Å². The molecular weight excluding hydrogens is 256 g/mol. The van der Waals surface area contributed by atoms with E-state index in [-0.39, 0.29) is 0 Å². The summed E-state index contributed by atoms with van der Waals surface area (Å²) in [5.74, 6) is 2.25. The molecule has 1 aromatic heterocycles. The highest BCUT2D eigenvalue weighted by atomic mass is 16.5. The van der Waals surface area contributed by atoms with Crippen LogP contribution in [0.15, 0.2) is 30.6 Å². The molecule has 0 bridgehead atoms. The summed E-state index contributed by atoms with van der Waals surface area (Å²) in [7, 11) is 3.20. The van der Waals surface area contributed by atoms with E-state index in [2.05, 4.69) is 21.4 Å². The molecule has 0 aliphatic rings. The predicted octanol–water partition coefficient (Wildman–Crippen LogP) is 1.73. The number of anilines is 2. The molecule has 106 valence electrons. The van der Waals surface area contributed by atoms with Gasteiger partial charge in [-0.2, -0.15) is 0 Å². The fourth-order valence-electron chi connectivity index (χ4n) is 1.87. The summed E-state index contributed by atoms with van der Waals surface area (Å²) in [4.78, 5) is 8.01. The molecule has 2 aromatic rings. The Hall–Kier alpha value is -2.50. The lowest BCUT2D eigenvalue weighted by molar-refractivity contribution is 0.414. The van der Waals surface area contributed by atoms with Crippen LogP contribution in [0.25, 0.3) is 0 Å². The zero-order chi connectivity index (χ0) is 14.4. The predicted molar refractivity (Wildman–Crippen MR) is 78.2 cm³/mol. The van der Waals surface area contributed by atoms with Gasteiger partial charge < -0.3 is 20.5 Å². The zero-order valence-corrected chi connectivity index (χ0v) is 11.6. The van der Waals surface area contributed by atoms with Crippen LogP contribution in [0.5, 0.6) is 11.5 Å². The fourth-order valence-corrected chi connectivity index (χ4v) is 1.87. The van der Waals surface area contributed by atoms with E-state index in [9.17, 15) is 0 Å². The Balaban J connectivity index is 1.97. The lowest BCUT2D eigenvalue weighted by Crippen LogP contribution is -2.09. The number of nitrogen functional groups attached to an aromatic ring is 1. The molecule has 0 unspecified atom stereocenters. The molecule has 3 N–H and O–H groups in total. The molecule has 2 rings (SSSR count). The molecule has 6 heteroatoms. The van der Waals surface area contributed by atoms with Crippen LogP contribution in [0.2, 0.25) is 0 Å². The van der Waals surface area contributed by atoms with Crippen molar-refractivity contribution in [3.05, 3.63) is 36.2 Å². The minimum absolute atomic E-state index is 0.325. The minimum atomic E-state index is 0.325. The Labute approximate surface area is 118 Å². The molecule has 0 saturated carbocycles. The first-order valence-electron chi connectivity index (χ1n) is 6.26. The van der Waals surface area contributed by atoms with Crippen LogP contribution < -0.4 is 20.5 Å². The second-order valence-corrected chi connectivity index (χ2v) is 4.17. The SMILES string of the molecule is COc1cccc(CCNc2ncnc(N)c2OC)c1. The largest absolute Gasteiger partial charge is 0.497 e. The van der Waals surface area contributed by atoms with E-state index in [1.165, 1.54) is 11.9 Å². The van der Waals surface area contributed by atoms with Gasteiger partial charge in [-0.3, -0.25) is 0 Å². The second-order valence-electron chi connectivity index (χ2n) is 4.17. The second kappa shape index (κ2) is 6.60. The molecule has 0 spiro atoms. The highest BCUT2D eigenvalue weighted by Gasteiger charge is 2.08. The van der Waals surface area contributed by atoms with Gasteiger partial charge in [0.15, 0.2) is 11.6 Å². The molecular formula is C14H18N4O2.